The molecule has 1 aliphatic heterocycles. The molecule has 0 aromatic carbocycles. The van der Waals surface area contributed by atoms with Gasteiger partial charge in [-0.05, 0) is 19.1 Å². The van der Waals surface area contributed by atoms with Crippen LogP contribution < -0.4 is 4.90 Å². The number of rotatable bonds is 1. The van der Waals surface area contributed by atoms with Crippen molar-refractivity contribution in [2.45, 2.75) is 12.5 Å². The van der Waals surface area contributed by atoms with E-state index >= 15 is 0 Å². The number of aliphatic hydroxyl groups is 1. The summed E-state index contributed by atoms with van der Waals surface area (Å²) in [6, 6.07) is 5.46. The normalized spacial score (nSPS) is 18.5. The average Bonchev–Trinajstić information content (AvgIpc) is 2.14. The van der Waals surface area contributed by atoms with Gasteiger partial charge in [0.25, 0.3) is 0 Å². The highest BCUT2D eigenvalue weighted by atomic mass is 16.3. The van der Waals surface area contributed by atoms with Crippen molar-refractivity contribution in [3.8, 4) is 6.07 Å². The van der Waals surface area contributed by atoms with Gasteiger partial charge in [-0.2, -0.15) is 5.26 Å². The van der Waals surface area contributed by atoms with E-state index in [0.717, 1.165) is 5.82 Å². The van der Waals surface area contributed by atoms with E-state index in [1.807, 2.05) is 4.90 Å². The molecule has 4 heteroatoms. The van der Waals surface area contributed by atoms with Crippen molar-refractivity contribution >= 4 is 5.82 Å². The molecular weight excluding hydrogens is 178 g/mol. The molecule has 2 rings (SSSR count). The fourth-order valence-electron chi connectivity index (χ4n) is 1.60. The minimum atomic E-state index is -0.607. The maximum Gasteiger partial charge on any atom is 0.129 e. The summed E-state index contributed by atoms with van der Waals surface area (Å²) < 4.78 is 0. The maximum absolute atomic E-state index is 9.54. The van der Waals surface area contributed by atoms with Crippen LogP contribution in [0.5, 0.6) is 0 Å². The SMILES string of the molecule is CC1(O)CN(c2cc(C#N)ccn2)C1. The first-order valence-electron chi connectivity index (χ1n) is 4.44. The Bertz CT molecular complexity index is 387. The van der Waals surface area contributed by atoms with Crippen molar-refractivity contribution in [2.75, 3.05) is 18.0 Å². The summed E-state index contributed by atoms with van der Waals surface area (Å²) in [6.07, 6.45) is 1.61. The molecule has 4 nitrogen and oxygen atoms in total. The number of hydrogen-bond donors (Lipinski definition) is 1. The van der Waals surface area contributed by atoms with Gasteiger partial charge in [-0.25, -0.2) is 4.98 Å². The Morgan fingerprint density at radius 1 is 1.64 bits per heavy atom. The molecule has 1 saturated heterocycles. The van der Waals surface area contributed by atoms with Crippen molar-refractivity contribution in [1.29, 1.82) is 5.26 Å². The van der Waals surface area contributed by atoms with Crippen LogP contribution in [0.4, 0.5) is 5.82 Å². The highest BCUT2D eigenvalue weighted by Crippen LogP contribution is 2.25. The number of anilines is 1. The lowest BCUT2D eigenvalue weighted by Gasteiger charge is -2.44. The van der Waals surface area contributed by atoms with Gasteiger partial charge in [0.2, 0.25) is 0 Å². The number of nitrogens with zero attached hydrogens (tertiary/aromatic N) is 3. The van der Waals surface area contributed by atoms with E-state index in [-0.39, 0.29) is 0 Å². The summed E-state index contributed by atoms with van der Waals surface area (Å²) in [5.41, 5.74) is -0.00817. The predicted molar refractivity (Wildman–Crippen MR) is 51.8 cm³/mol. The molecule has 0 atom stereocenters. The Balaban J connectivity index is 2.16. The molecule has 72 valence electrons. The topological polar surface area (TPSA) is 60.1 Å². The monoisotopic (exact) mass is 189 g/mol. The molecule has 0 radical (unpaired) electrons. The zero-order valence-corrected chi connectivity index (χ0v) is 7.94. The summed E-state index contributed by atoms with van der Waals surface area (Å²) in [7, 11) is 0. The van der Waals surface area contributed by atoms with Crippen LogP contribution >= 0.6 is 0 Å². The molecule has 14 heavy (non-hydrogen) atoms. The van der Waals surface area contributed by atoms with E-state index < -0.39 is 5.60 Å². The zero-order valence-electron chi connectivity index (χ0n) is 7.94. The van der Waals surface area contributed by atoms with Crippen LogP contribution in [0.2, 0.25) is 0 Å². The fraction of sp³-hybridized carbons (Fsp3) is 0.400. The van der Waals surface area contributed by atoms with Crippen LogP contribution in [-0.2, 0) is 0 Å². The van der Waals surface area contributed by atoms with E-state index in [1.54, 1.807) is 25.3 Å². The molecule has 1 fully saturated rings. The predicted octanol–water partition coefficient (Wildman–Crippen LogP) is 0.524. The van der Waals surface area contributed by atoms with Gasteiger partial charge < -0.3 is 10.0 Å². The quantitative estimate of drug-likeness (QED) is 0.699. The maximum atomic E-state index is 9.54. The number of hydrogen-bond acceptors (Lipinski definition) is 4. The van der Waals surface area contributed by atoms with Crippen LogP contribution in [0, 0.1) is 11.3 Å². The highest BCUT2D eigenvalue weighted by Gasteiger charge is 2.37. The molecular formula is C10H11N3O. The van der Waals surface area contributed by atoms with Crippen LogP contribution in [0.1, 0.15) is 12.5 Å². The van der Waals surface area contributed by atoms with Crippen molar-refractivity contribution < 1.29 is 5.11 Å². The molecule has 0 saturated carbocycles. The Kier molecular flexibility index (Phi) is 1.90. The molecule has 0 aliphatic carbocycles. The lowest BCUT2D eigenvalue weighted by atomic mass is 9.97. The molecule has 2 heterocycles. The smallest absolute Gasteiger partial charge is 0.129 e. The van der Waals surface area contributed by atoms with Crippen molar-refractivity contribution in [3.63, 3.8) is 0 Å². The lowest BCUT2D eigenvalue weighted by molar-refractivity contribution is 0.0305. The second kappa shape index (κ2) is 2.96. The Labute approximate surface area is 82.4 Å². The third-order valence-corrected chi connectivity index (χ3v) is 2.26. The minimum absolute atomic E-state index is 0.578. The van der Waals surface area contributed by atoms with Gasteiger partial charge in [0.05, 0.1) is 17.2 Å². The van der Waals surface area contributed by atoms with Gasteiger partial charge in [0.15, 0.2) is 0 Å². The molecule has 0 amide bonds. The summed E-state index contributed by atoms with van der Waals surface area (Å²) >= 11 is 0. The van der Waals surface area contributed by atoms with Gasteiger partial charge in [-0.3, -0.25) is 0 Å². The Morgan fingerprint density at radius 2 is 2.36 bits per heavy atom. The lowest BCUT2D eigenvalue weighted by Crippen LogP contribution is -2.60. The molecule has 1 aromatic rings. The van der Waals surface area contributed by atoms with E-state index in [4.69, 9.17) is 5.26 Å². The molecule has 1 aromatic heterocycles. The zero-order chi connectivity index (χ0) is 10.2. The first-order chi connectivity index (χ1) is 6.61. The molecule has 1 N–H and O–H groups in total. The van der Waals surface area contributed by atoms with Gasteiger partial charge in [0, 0.05) is 19.3 Å². The van der Waals surface area contributed by atoms with E-state index in [2.05, 4.69) is 11.1 Å². The Morgan fingerprint density at radius 3 is 2.93 bits per heavy atom. The van der Waals surface area contributed by atoms with Crippen molar-refractivity contribution in [1.82, 2.24) is 4.98 Å². The number of aromatic nitrogens is 1. The van der Waals surface area contributed by atoms with E-state index in [1.165, 1.54) is 0 Å². The van der Waals surface area contributed by atoms with Crippen LogP contribution in [0.15, 0.2) is 18.3 Å². The summed E-state index contributed by atoms with van der Waals surface area (Å²) in [4.78, 5) is 6.08. The van der Waals surface area contributed by atoms with Gasteiger partial charge >= 0.3 is 0 Å². The van der Waals surface area contributed by atoms with Crippen LogP contribution in [-0.4, -0.2) is 28.8 Å². The summed E-state index contributed by atoms with van der Waals surface area (Å²) in [5, 5.41) is 18.2. The van der Waals surface area contributed by atoms with Crippen LogP contribution in [0.3, 0.4) is 0 Å². The summed E-state index contributed by atoms with van der Waals surface area (Å²) in [6.45, 7) is 2.95. The second-order valence-electron chi connectivity index (χ2n) is 3.87. The molecule has 0 spiro atoms. The third kappa shape index (κ3) is 1.54. The van der Waals surface area contributed by atoms with Crippen molar-refractivity contribution in [3.05, 3.63) is 23.9 Å². The molecule has 0 unspecified atom stereocenters. The standard InChI is InChI=1S/C10H11N3O/c1-10(14)6-13(7-10)9-4-8(5-11)2-3-12-9/h2-4,14H,6-7H2,1H3. The minimum Gasteiger partial charge on any atom is -0.386 e. The molecule has 1 aliphatic rings. The van der Waals surface area contributed by atoms with Gasteiger partial charge in [-0.15, -0.1) is 0 Å². The first kappa shape index (κ1) is 8.97. The molecule has 0 bridgehead atoms. The third-order valence-electron chi connectivity index (χ3n) is 2.26. The number of pyridine rings is 1. The van der Waals surface area contributed by atoms with Gasteiger partial charge in [0.1, 0.15) is 5.82 Å². The first-order valence-corrected chi connectivity index (χ1v) is 4.44. The number of nitriles is 1. The fourth-order valence-corrected chi connectivity index (χ4v) is 1.60. The largest absolute Gasteiger partial charge is 0.386 e. The van der Waals surface area contributed by atoms with Gasteiger partial charge in [-0.1, -0.05) is 0 Å². The average molecular weight is 189 g/mol. The summed E-state index contributed by atoms with van der Waals surface area (Å²) in [5.74, 6) is 0.760. The van der Waals surface area contributed by atoms with Crippen LogP contribution in [0.25, 0.3) is 0 Å². The van der Waals surface area contributed by atoms with E-state index in [0.29, 0.717) is 18.7 Å². The second-order valence-corrected chi connectivity index (χ2v) is 3.87. The van der Waals surface area contributed by atoms with Crippen molar-refractivity contribution in [2.24, 2.45) is 0 Å². The Hall–Kier alpha value is -1.60. The highest BCUT2D eigenvalue weighted by molar-refractivity contribution is 5.48. The number of β-amino-alcohol motifs (C(OH)–C–C–N with tert-alkyl or cyclic N) is 1. The van der Waals surface area contributed by atoms with E-state index in [9.17, 15) is 5.11 Å².